The standard InChI is InChI=1S/C20H28N6O2/c27-20(15-4-10-26(11-5-15)17-6-12-28-13-7-17)22-9-3-18-23-19(25-24-18)16-2-1-8-21-14-16/h1-2,8,14-15,17H,3-7,9-13H2,(H,22,27)(H,23,24,25). The molecular formula is C20H28N6O2. The maximum Gasteiger partial charge on any atom is 0.223 e. The number of amides is 1. The Bertz CT molecular complexity index is 751. The Balaban J connectivity index is 1.19. The predicted octanol–water partition coefficient (Wildman–Crippen LogP) is 1.42. The molecule has 2 aromatic rings. The van der Waals surface area contributed by atoms with Gasteiger partial charge >= 0.3 is 0 Å². The van der Waals surface area contributed by atoms with Gasteiger partial charge in [0, 0.05) is 56.1 Å². The van der Waals surface area contributed by atoms with Crippen molar-refractivity contribution in [3.63, 3.8) is 0 Å². The van der Waals surface area contributed by atoms with Gasteiger partial charge in [0.2, 0.25) is 5.91 Å². The number of likely N-dealkylation sites (tertiary alicyclic amines) is 1. The van der Waals surface area contributed by atoms with E-state index in [1.807, 2.05) is 12.1 Å². The Morgan fingerprint density at radius 3 is 2.82 bits per heavy atom. The van der Waals surface area contributed by atoms with Gasteiger partial charge in [0.25, 0.3) is 0 Å². The molecule has 2 saturated heterocycles. The van der Waals surface area contributed by atoms with Crippen LogP contribution in [0.4, 0.5) is 0 Å². The molecule has 2 aliphatic heterocycles. The largest absolute Gasteiger partial charge is 0.381 e. The maximum absolute atomic E-state index is 12.5. The summed E-state index contributed by atoms with van der Waals surface area (Å²) in [6.45, 7) is 4.34. The smallest absolute Gasteiger partial charge is 0.223 e. The summed E-state index contributed by atoms with van der Waals surface area (Å²) in [6, 6.07) is 4.42. The van der Waals surface area contributed by atoms with Crippen LogP contribution in [-0.2, 0) is 16.0 Å². The van der Waals surface area contributed by atoms with Crippen molar-refractivity contribution in [2.45, 2.75) is 38.1 Å². The third-order valence-corrected chi connectivity index (χ3v) is 5.72. The monoisotopic (exact) mass is 384 g/mol. The van der Waals surface area contributed by atoms with Gasteiger partial charge in [-0.3, -0.25) is 14.9 Å². The summed E-state index contributed by atoms with van der Waals surface area (Å²) < 4.78 is 5.45. The van der Waals surface area contributed by atoms with E-state index in [1.54, 1.807) is 12.4 Å². The summed E-state index contributed by atoms with van der Waals surface area (Å²) in [5.74, 6) is 1.69. The summed E-state index contributed by atoms with van der Waals surface area (Å²) in [4.78, 5) is 23.6. The molecule has 2 N–H and O–H groups in total. The van der Waals surface area contributed by atoms with Crippen molar-refractivity contribution in [1.82, 2.24) is 30.4 Å². The molecule has 0 atom stereocenters. The van der Waals surface area contributed by atoms with Crippen molar-refractivity contribution in [3.05, 3.63) is 30.4 Å². The molecule has 28 heavy (non-hydrogen) atoms. The van der Waals surface area contributed by atoms with E-state index in [1.165, 1.54) is 0 Å². The van der Waals surface area contributed by atoms with Crippen molar-refractivity contribution in [2.75, 3.05) is 32.8 Å². The van der Waals surface area contributed by atoms with Gasteiger partial charge in [-0.05, 0) is 50.9 Å². The summed E-state index contributed by atoms with van der Waals surface area (Å²) in [7, 11) is 0. The molecule has 150 valence electrons. The van der Waals surface area contributed by atoms with Crippen LogP contribution in [-0.4, -0.2) is 69.9 Å². The number of rotatable bonds is 6. The van der Waals surface area contributed by atoms with E-state index in [4.69, 9.17) is 4.74 Å². The van der Waals surface area contributed by atoms with Gasteiger partial charge in [-0.15, -0.1) is 0 Å². The number of carbonyl (C=O) groups is 1. The zero-order valence-electron chi connectivity index (χ0n) is 16.1. The highest BCUT2D eigenvalue weighted by atomic mass is 16.5. The molecule has 2 aliphatic rings. The average Bonchev–Trinajstić information content (AvgIpc) is 3.24. The highest BCUT2D eigenvalue weighted by molar-refractivity contribution is 5.78. The molecule has 2 aromatic heterocycles. The fourth-order valence-electron chi connectivity index (χ4n) is 4.06. The molecule has 2 fully saturated rings. The van der Waals surface area contributed by atoms with Gasteiger partial charge in [0.1, 0.15) is 5.82 Å². The van der Waals surface area contributed by atoms with Gasteiger partial charge in [-0.1, -0.05) is 0 Å². The fourth-order valence-corrected chi connectivity index (χ4v) is 4.06. The van der Waals surface area contributed by atoms with Crippen LogP contribution >= 0.6 is 0 Å². The summed E-state index contributed by atoms with van der Waals surface area (Å²) >= 11 is 0. The van der Waals surface area contributed by atoms with E-state index in [2.05, 4.69) is 30.4 Å². The predicted molar refractivity (Wildman–Crippen MR) is 104 cm³/mol. The summed E-state index contributed by atoms with van der Waals surface area (Å²) in [5.41, 5.74) is 0.880. The third-order valence-electron chi connectivity index (χ3n) is 5.72. The number of pyridine rings is 1. The Morgan fingerprint density at radius 1 is 1.25 bits per heavy atom. The molecule has 0 radical (unpaired) electrons. The van der Waals surface area contributed by atoms with Gasteiger partial charge in [0.05, 0.1) is 0 Å². The van der Waals surface area contributed by atoms with Crippen molar-refractivity contribution in [1.29, 1.82) is 0 Å². The van der Waals surface area contributed by atoms with Gasteiger partial charge in [0.15, 0.2) is 5.82 Å². The zero-order valence-corrected chi connectivity index (χ0v) is 16.1. The first-order valence-electron chi connectivity index (χ1n) is 10.2. The summed E-state index contributed by atoms with van der Waals surface area (Å²) in [5, 5.41) is 10.2. The van der Waals surface area contributed by atoms with Gasteiger partial charge in [-0.2, -0.15) is 5.10 Å². The van der Waals surface area contributed by atoms with E-state index < -0.39 is 0 Å². The van der Waals surface area contributed by atoms with Crippen molar-refractivity contribution < 1.29 is 9.53 Å². The normalized spacial score (nSPS) is 19.6. The zero-order chi connectivity index (χ0) is 19.2. The molecular weight excluding hydrogens is 356 g/mol. The molecule has 0 unspecified atom stereocenters. The molecule has 0 aliphatic carbocycles. The second-order valence-corrected chi connectivity index (χ2v) is 7.54. The number of aromatic amines is 1. The minimum atomic E-state index is 0.122. The fraction of sp³-hybridized carbons (Fsp3) is 0.600. The summed E-state index contributed by atoms with van der Waals surface area (Å²) in [6.07, 6.45) is 8.22. The lowest BCUT2D eigenvalue weighted by Gasteiger charge is -2.38. The number of H-pyrrole nitrogens is 1. The van der Waals surface area contributed by atoms with Crippen LogP contribution in [0.5, 0.6) is 0 Å². The maximum atomic E-state index is 12.5. The number of nitrogens with one attached hydrogen (secondary N) is 2. The number of piperidine rings is 1. The lowest BCUT2D eigenvalue weighted by atomic mass is 9.93. The number of nitrogens with zero attached hydrogens (tertiary/aromatic N) is 4. The quantitative estimate of drug-likeness (QED) is 0.782. The minimum absolute atomic E-state index is 0.122. The van der Waals surface area contributed by atoms with Crippen LogP contribution in [0.2, 0.25) is 0 Å². The first-order chi connectivity index (χ1) is 13.8. The molecule has 8 heteroatoms. The molecule has 0 saturated carbocycles. The van der Waals surface area contributed by atoms with E-state index in [0.29, 0.717) is 24.8 Å². The van der Waals surface area contributed by atoms with Crippen LogP contribution < -0.4 is 5.32 Å². The number of aromatic nitrogens is 4. The number of hydrogen-bond donors (Lipinski definition) is 2. The lowest BCUT2D eigenvalue weighted by molar-refractivity contribution is -0.126. The van der Waals surface area contributed by atoms with Crippen LogP contribution in [0.3, 0.4) is 0 Å². The van der Waals surface area contributed by atoms with Crippen molar-refractivity contribution >= 4 is 5.91 Å². The highest BCUT2D eigenvalue weighted by Crippen LogP contribution is 2.23. The van der Waals surface area contributed by atoms with Gasteiger partial charge in [-0.25, -0.2) is 4.98 Å². The van der Waals surface area contributed by atoms with E-state index >= 15 is 0 Å². The molecule has 8 nitrogen and oxygen atoms in total. The average molecular weight is 384 g/mol. The Morgan fingerprint density at radius 2 is 2.07 bits per heavy atom. The van der Waals surface area contributed by atoms with Crippen LogP contribution in [0, 0.1) is 5.92 Å². The topological polar surface area (TPSA) is 96.0 Å². The molecule has 4 heterocycles. The highest BCUT2D eigenvalue weighted by Gasteiger charge is 2.29. The van der Waals surface area contributed by atoms with E-state index in [0.717, 1.165) is 63.4 Å². The first kappa shape index (κ1) is 19.0. The van der Waals surface area contributed by atoms with Crippen LogP contribution in [0.15, 0.2) is 24.5 Å². The minimum Gasteiger partial charge on any atom is -0.381 e. The van der Waals surface area contributed by atoms with Crippen LogP contribution in [0.1, 0.15) is 31.5 Å². The molecule has 0 spiro atoms. The Labute approximate surface area is 165 Å². The Kier molecular flexibility index (Phi) is 6.28. The number of hydrogen-bond acceptors (Lipinski definition) is 6. The van der Waals surface area contributed by atoms with E-state index in [-0.39, 0.29) is 11.8 Å². The number of ether oxygens (including phenoxy) is 1. The van der Waals surface area contributed by atoms with E-state index in [9.17, 15) is 4.79 Å². The molecule has 0 bridgehead atoms. The first-order valence-corrected chi connectivity index (χ1v) is 10.2. The second kappa shape index (κ2) is 9.25. The van der Waals surface area contributed by atoms with Crippen molar-refractivity contribution in [3.8, 4) is 11.4 Å². The molecule has 0 aromatic carbocycles. The SMILES string of the molecule is O=C(NCCc1nc(-c2cccnc2)n[nH]1)C1CCN(C2CCOCC2)CC1. The third kappa shape index (κ3) is 4.74. The van der Waals surface area contributed by atoms with Crippen molar-refractivity contribution in [2.24, 2.45) is 5.92 Å². The molecule has 4 rings (SSSR count). The molecule has 1 amide bonds. The van der Waals surface area contributed by atoms with Gasteiger partial charge < -0.3 is 15.0 Å². The second-order valence-electron chi connectivity index (χ2n) is 7.54. The number of carbonyl (C=O) groups excluding carboxylic acids is 1. The van der Waals surface area contributed by atoms with Crippen LogP contribution in [0.25, 0.3) is 11.4 Å². The lowest BCUT2D eigenvalue weighted by Crippen LogP contribution is -2.46. The Hall–Kier alpha value is -2.32.